The van der Waals surface area contributed by atoms with E-state index >= 15 is 0 Å². The summed E-state index contributed by atoms with van der Waals surface area (Å²) in [7, 11) is 0. The molecule has 0 saturated carbocycles. The fourth-order valence-electron chi connectivity index (χ4n) is 1.36. The number of carbonyl (C=O) groups excluding carboxylic acids is 1. The molecule has 0 saturated heterocycles. The van der Waals surface area contributed by atoms with Gasteiger partial charge in [0.15, 0.2) is 5.75 Å². The first kappa shape index (κ1) is 18.5. The van der Waals surface area contributed by atoms with Crippen molar-refractivity contribution in [1.82, 2.24) is 0 Å². The quantitative estimate of drug-likeness (QED) is 0.878. The zero-order valence-electron chi connectivity index (χ0n) is 10.7. The molecule has 0 heterocycles. The second-order valence-electron chi connectivity index (χ2n) is 4.11. The van der Waals surface area contributed by atoms with Crippen molar-refractivity contribution >= 4 is 24.0 Å². The molecule has 1 amide bonds. The van der Waals surface area contributed by atoms with Crippen LogP contribution in [0.5, 0.6) is 5.75 Å². The van der Waals surface area contributed by atoms with Crippen molar-refractivity contribution < 1.29 is 22.7 Å². The molecule has 0 fully saturated rings. The summed E-state index contributed by atoms with van der Waals surface area (Å²) < 4.78 is 40.3. The number of amides is 1. The summed E-state index contributed by atoms with van der Waals surface area (Å²) in [6.45, 7) is 1.74. The van der Waals surface area contributed by atoms with E-state index in [1.807, 2.05) is 0 Å². The first-order valence-electron chi connectivity index (χ1n) is 5.68. The van der Waals surface area contributed by atoms with E-state index in [2.05, 4.69) is 10.1 Å². The number of anilines is 1. The Bertz CT molecular complexity index is 439. The molecule has 1 aromatic rings. The van der Waals surface area contributed by atoms with Crippen molar-refractivity contribution in [3.05, 3.63) is 24.3 Å². The van der Waals surface area contributed by atoms with Crippen molar-refractivity contribution in [1.29, 1.82) is 0 Å². The van der Waals surface area contributed by atoms with Gasteiger partial charge in [0.1, 0.15) is 0 Å². The summed E-state index contributed by atoms with van der Waals surface area (Å²) in [6.07, 6.45) is -4.21. The van der Waals surface area contributed by atoms with E-state index in [0.717, 1.165) is 6.07 Å². The summed E-state index contributed by atoms with van der Waals surface area (Å²) in [5.41, 5.74) is 5.47. The van der Waals surface area contributed by atoms with Crippen molar-refractivity contribution in [2.45, 2.75) is 32.2 Å². The SMILES string of the molecule is CC(N)CCC(=O)Nc1ccccc1OC(F)(F)F.Cl. The van der Waals surface area contributed by atoms with Gasteiger partial charge in [-0.25, -0.2) is 0 Å². The topological polar surface area (TPSA) is 64.4 Å². The van der Waals surface area contributed by atoms with Gasteiger partial charge < -0.3 is 15.8 Å². The molecule has 114 valence electrons. The van der Waals surface area contributed by atoms with E-state index in [1.54, 1.807) is 6.92 Å². The van der Waals surface area contributed by atoms with Crippen LogP contribution >= 0.6 is 12.4 Å². The zero-order valence-corrected chi connectivity index (χ0v) is 11.6. The van der Waals surface area contributed by atoms with E-state index < -0.39 is 18.0 Å². The van der Waals surface area contributed by atoms with Gasteiger partial charge in [-0.15, -0.1) is 25.6 Å². The summed E-state index contributed by atoms with van der Waals surface area (Å²) in [6, 6.07) is 5.22. The average Bonchev–Trinajstić information content (AvgIpc) is 2.27. The Labute approximate surface area is 120 Å². The number of nitrogens with one attached hydrogen (secondary N) is 1. The Kier molecular flexibility index (Phi) is 7.38. The van der Waals surface area contributed by atoms with E-state index in [9.17, 15) is 18.0 Å². The van der Waals surface area contributed by atoms with Gasteiger partial charge in [0, 0.05) is 12.5 Å². The van der Waals surface area contributed by atoms with Crippen LogP contribution in [0, 0.1) is 0 Å². The fourth-order valence-corrected chi connectivity index (χ4v) is 1.36. The Morgan fingerprint density at radius 2 is 2.00 bits per heavy atom. The van der Waals surface area contributed by atoms with Crippen LogP contribution < -0.4 is 15.8 Å². The molecule has 1 atom stereocenters. The molecule has 8 heteroatoms. The van der Waals surface area contributed by atoms with Crippen LogP contribution in [0.1, 0.15) is 19.8 Å². The highest BCUT2D eigenvalue weighted by Gasteiger charge is 2.32. The monoisotopic (exact) mass is 312 g/mol. The van der Waals surface area contributed by atoms with Crippen molar-refractivity contribution in [3.63, 3.8) is 0 Å². The van der Waals surface area contributed by atoms with Crippen molar-refractivity contribution in [2.24, 2.45) is 5.73 Å². The number of hydrogen-bond donors (Lipinski definition) is 2. The van der Waals surface area contributed by atoms with E-state index in [1.165, 1.54) is 18.2 Å². The molecule has 1 aromatic carbocycles. The Hall–Kier alpha value is -1.47. The van der Waals surface area contributed by atoms with Gasteiger partial charge in [-0.3, -0.25) is 4.79 Å². The summed E-state index contributed by atoms with van der Waals surface area (Å²) in [4.78, 5) is 11.5. The van der Waals surface area contributed by atoms with Gasteiger partial charge in [0.2, 0.25) is 5.91 Å². The minimum atomic E-state index is -4.80. The lowest BCUT2D eigenvalue weighted by atomic mass is 10.2. The number of halogens is 4. The number of benzene rings is 1. The number of ether oxygens (including phenoxy) is 1. The van der Waals surface area contributed by atoms with Crippen molar-refractivity contribution in [3.8, 4) is 5.75 Å². The predicted octanol–water partition coefficient (Wildman–Crippen LogP) is 3.07. The Morgan fingerprint density at radius 1 is 1.40 bits per heavy atom. The molecule has 0 aliphatic heterocycles. The molecular weight excluding hydrogens is 297 g/mol. The largest absolute Gasteiger partial charge is 0.573 e. The third-order valence-electron chi connectivity index (χ3n) is 2.21. The number of nitrogens with two attached hydrogens (primary N) is 1. The van der Waals surface area contributed by atoms with Crippen LogP contribution in [0.4, 0.5) is 18.9 Å². The van der Waals surface area contributed by atoms with Crippen LogP contribution in [0.25, 0.3) is 0 Å². The van der Waals surface area contributed by atoms with Crippen molar-refractivity contribution in [2.75, 3.05) is 5.32 Å². The van der Waals surface area contributed by atoms with Crippen LogP contribution in [0.2, 0.25) is 0 Å². The normalized spacial score (nSPS) is 12.2. The molecule has 0 aliphatic carbocycles. The van der Waals surface area contributed by atoms with Gasteiger partial charge >= 0.3 is 6.36 Å². The highest BCUT2D eigenvalue weighted by atomic mass is 35.5. The highest BCUT2D eigenvalue weighted by molar-refractivity contribution is 5.92. The molecule has 0 aromatic heterocycles. The molecule has 4 nitrogen and oxygen atoms in total. The summed E-state index contributed by atoms with van der Waals surface area (Å²) in [5.74, 6) is -0.848. The smallest absolute Gasteiger partial charge is 0.404 e. The van der Waals surface area contributed by atoms with Gasteiger partial charge in [-0.2, -0.15) is 0 Å². The highest BCUT2D eigenvalue weighted by Crippen LogP contribution is 2.29. The maximum Gasteiger partial charge on any atom is 0.573 e. The average molecular weight is 313 g/mol. The third kappa shape index (κ3) is 7.20. The van der Waals surface area contributed by atoms with E-state index in [-0.39, 0.29) is 30.6 Å². The molecule has 0 bridgehead atoms. The fraction of sp³-hybridized carbons (Fsp3) is 0.417. The number of rotatable bonds is 5. The molecule has 20 heavy (non-hydrogen) atoms. The molecule has 1 rings (SSSR count). The maximum absolute atomic E-state index is 12.2. The standard InChI is InChI=1S/C12H15F3N2O2.ClH/c1-8(16)6-7-11(18)17-9-4-2-3-5-10(9)19-12(13,14)15;/h2-5,8H,6-7,16H2,1H3,(H,17,18);1H. The zero-order chi connectivity index (χ0) is 14.5. The van der Waals surface area contributed by atoms with Crippen LogP contribution in [0.15, 0.2) is 24.3 Å². The number of para-hydroxylation sites is 2. The minimum absolute atomic E-state index is 0. The van der Waals surface area contributed by atoms with Crippen LogP contribution in [-0.2, 0) is 4.79 Å². The van der Waals surface area contributed by atoms with Gasteiger partial charge in [0.25, 0.3) is 0 Å². The first-order valence-corrected chi connectivity index (χ1v) is 5.68. The van der Waals surface area contributed by atoms with Crippen LogP contribution in [0.3, 0.4) is 0 Å². The molecular formula is C12H16ClF3N2O2. The Morgan fingerprint density at radius 3 is 2.55 bits per heavy atom. The maximum atomic E-state index is 12.2. The Balaban J connectivity index is 0.00000361. The molecule has 0 radical (unpaired) electrons. The van der Waals surface area contributed by atoms with Crippen LogP contribution in [-0.4, -0.2) is 18.3 Å². The van der Waals surface area contributed by atoms with E-state index in [0.29, 0.717) is 6.42 Å². The number of hydrogen-bond acceptors (Lipinski definition) is 3. The summed E-state index contributed by atoms with van der Waals surface area (Å²) in [5, 5.41) is 2.37. The second kappa shape index (κ2) is 7.96. The molecule has 3 N–H and O–H groups in total. The minimum Gasteiger partial charge on any atom is -0.404 e. The number of carbonyl (C=O) groups is 1. The third-order valence-corrected chi connectivity index (χ3v) is 2.21. The van der Waals surface area contributed by atoms with E-state index in [4.69, 9.17) is 5.73 Å². The summed E-state index contributed by atoms with van der Waals surface area (Å²) >= 11 is 0. The lowest BCUT2D eigenvalue weighted by molar-refractivity contribution is -0.274. The van der Waals surface area contributed by atoms with Gasteiger partial charge in [0.05, 0.1) is 5.69 Å². The molecule has 0 spiro atoms. The second-order valence-corrected chi connectivity index (χ2v) is 4.11. The molecule has 1 unspecified atom stereocenters. The lowest BCUT2D eigenvalue weighted by Gasteiger charge is -2.14. The first-order chi connectivity index (χ1) is 8.78. The number of alkyl halides is 3. The molecule has 0 aliphatic rings. The van der Waals surface area contributed by atoms with Gasteiger partial charge in [-0.05, 0) is 25.5 Å². The lowest BCUT2D eigenvalue weighted by Crippen LogP contribution is -2.21. The van der Waals surface area contributed by atoms with Gasteiger partial charge in [-0.1, -0.05) is 12.1 Å². The predicted molar refractivity (Wildman–Crippen MR) is 71.9 cm³/mol.